The monoisotopic (exact) mass is 291 g/mol. The number of carbonyl (C=O) groups is 2. The number of likely N-dealkylation sites (N-methyl/N-ethyl adjacent to an activating group) is 1. The molecule has 6 nitrogen and oxygen atoms in total. The maximum atomic E-state index is 12.2. The number of amides is 2. The summed E-state index contributed by atoms with van der Waals surface area (Å²) in [4.78, 5) is 25.3. The number of ether oxygens (including phenoxy) is 1. The molecule has 1 saturated heterocycles. The van der Waals surface area contributed by atoms with Crippen LogP contribution in [-0.4, -0.2) is 43.0 Å². The van der Waals surface area contributed by atoms with E-state index in [1.165, 1.54) is 0 Å². The fourth-order valence-electron chi connectivity index (χ4n) is 2.38. The number of rotatable bonds is 4. The van der Waals surface area contributed by atoms with Gasteiger partial charge in [-0.3, -0.25) is 9.59 Å². The van der Waals surface area contributed by atoms with Crippen LogP contribution in [0, 0.1) is 0 Å². The van der Waals surface area contributed by atoms with E-state index in [-0.39, 0.29) is 17.9 Å². The van der Waals surface area contributed by atoms with E-state index in [0.29, 0.717) is 43.0 Å². The summed E-state index contributed by atoms with van der Waals surface area (Å²) in [6, 6.07) is 4.98. The molecule has 1 aromatic rings. The number of hydrogen-bond acceptors (Lipinski definition) is 4. The number of nitrogens with zero attached hydrogens (tertiary/aromatic N) is 1. The van der Waals surface area contributed by atoms with Crippen molar-refractivity contribution in [3.05, 3.63) is 23.8 Å². The van der Waals surface area contributed by atoms with Crippen molar-refractivity contribution in [2.24, 2.45) is 0 Å². The van der Waals surface area contributed by atoms with Crippen molar-refractivity contribution in [3.63, 3.8) is 0 Å². The molecule has 3 N–H and O–H groups in total. The van der Waals surface area contributed by atoms with Gasteiger partial charge in [0, 0.05) is 31.6 Å². The molecule has 0 bridgehead atoms. The van der Waals surface area contributed by atoms with Gasteiger partial charge < -0.3 is 20.7 Å². The summed E-state index contributed by atoms with van der Waals surface area (Å²) in [5.41, 5.74) is 6.80. The molecular weight excluding hydrogens is 270 g/mol. The largest absolute Gasteiger partial charge is 0.492 e. The lowest BCUT2D eigenvalue weighted by Crippen LogP contribution is -2.48. The zero-order valence-electron chi connectivity index (χ0n) is 12.4. The molecule has 2 amide bonds. The molecule has 114 valence electrons. The van der Waals surface area contributed by atoms with Gasteiger partial charge in [0.25, 0.3) is 5.91 Å². The second-order valence-electron chi connectivity index (χ2n) is 5.17. The molecule has 0 aliphatic carbocycles. The van der Waals surface area contributed by atoms with E-state index >= 15 is 0 Å². The van der Waals surface area contributed by atoms with Gasteiger partial charge >= 0.3 is 0 Å². The smallest absolute Gasteiger partial charge is 0.251 e. The van der Waals surface area contributed by atoms with E-state index in [1.54, 1.807) is 30.1 Å². The molecule has 6 heteroatoms. The number of nitrogens with one attached hydrogen (secondary N) is 1. The van der Waals surface area contributed by atoms with Gasteiger partial charge in [0.1, 0.15) is 5.75 Å². The summed E-state index contributed by atoms with van der Waals surface area (Å²) < 4.78 is 5.35. The average Bonchev–Trinajstić information content (AvgIpc) is 2.45. The maximum Gasteiger partial charge on any atom is 0.251 e. The van der Waals surface area contributed by atoms with E-state index in [1.807, 2.05) is 6.92 Å². The van der Waals surface area contributed by atoms with E-state index in [2.05, 4.69) is 5.32 Å². The van der Waals surface area contributed by atoms with E-state index in [0.717, 1.165) is 0 Å². The van der Waals surface area contributed by atoms with Crippen molar-refractivity contribution in [1.82, 2.24) is 10.2 Å². The summed E-state index contributed by atoms with van der Waals surface area (Å²) >= 11 is 0. The second-order valence-corrected chi connectivity index (χ2v) is 5.17. The summed E-state index contributed by atoms with van der Waals surface area (Å²) in [6.07, 6.45) is 1.13. The van der Waals surface area contributed by atoms with Crippen LogP contribution >= 0.6 is 0 Å². The lowest BCUT2D eigenvalue weighted by Gasteiger charge is -2.30. The first-order valence-electron chi connectivity index (χ1n) is 7.08. The van der Waals surface area contributed by atoms with Crippen LogP contribution in [0.3, 0.4) is 0 Å². The zero-order chi connectivity index (χ0) is 15.4. The standard InChI is InChI=1S/C15H21N3O3/c1-3-21-13-6-4-10(8-12(13)16)15(20)17-11-5-7-14(19)18(2)9-11/h4,6,8,11H,3,5,7,9,16H2,1-2H3,(H,17,20). The van der Waals surface area contributed by atoms with Gasteiger partial charge in [-0.05, 0) is 31.5 Å². The molecule has 21 heavy (non-hydrogen) atoms. The number of nitrogen functional groups attached to an aromatic ring is 1. The minimum Gasteiger partial charge on any atom is -0.492 e. The molecular formula is C15H21N3O3. The Bertz CT molecular complexity index is 545. The quantitative estimate of drug-likeness (QED) is 0.811. The Kier molecular flexibility index (Phi) is 4.67. The summed E-state index contributed by atoms with van der Waals surface area (Å²) in [6.45, 7) is 2.94. The highest BCUT2D eigenvalue weighted by molar-refractivity contribution is 5.95. The Balaban J connectivity index is 2.00. The highest BCUT2D eigenvalue weighted by Crippen LogP contribution is 2.22. The van der Waals surface area contributed by atoms with Gasteiger partial charge in [-0.15, -0.1) is 0 Å². The third-order valence-electron chi connectivity index (χ3n) is 3.53. The first kappa shape index (κ1) is 15.2. The van der Waals surface area contributed by atoms with Crippen molar-refractivity contribution in [2.45, 2.75) is 25.8 Å². The molecule has 0 spiro atoms. The number of likely N-dealkylation sites (tertiary alicyclic amines) is 1. The van der Waals surface area contributed by atoms with Gasteiger partial charge in [-0.2, -0.15) is 0 Å². The van der Waals surface area contributed by atoms with Crippen LogP contribution < -0.4 is 15.8 Å². The van der Waals surface area contributed by atoms with Crippen LogP contribution in [0.5, 0.6) is 5.75 Å². The van der Waals surface area contributed by atoms with Crippen LogP contribution in [-0.2, 0) is 4.79 Å². The SMILES string of the molecule is CCOc1ccc(C(=O)NC2CCC(=O)N(C)C2)cc1N. The number of hydrogen-bond donors (Lipinski definition) is 2. The molecule has 2 rings (SSSR count). The van der Waals surface area contributed by atoms with E-state index < -0.39 is 0 Å². The lowest BCUT2D eigenvalue weighted by molar-refractivity contribution is -0.132. The minimum atomic E-state index is -0.183. The van der Waals surface area contributed by atoms with Crippen molar-refractivity contribution >= 4 is 17.5 Å². The molecule has 1 atom stereocenters. The van der Waals surface area contributed by atoms with Crippen molar-refractivity contribution < 1.29 is 14.3 Å². The van der Waals surface area contributed by atoms with Gasteiger partial charge in [-0.1, -0.05) is 0 Å². The fraction of sp³-hybridized carbons (Fsp3) is 0.467. The lowest BCUT2D eigenvalue weighted by atomic mass is 10.0. The molecule has 1 fully saturated rings. The molecule has 0 aromatic heterocycles. The van der Waals surface area contributed by atoms with Crippen LogP contribution in [0.25, 0.3) is 0 Å². The molecule has 0 radical (unpaired) electrons. The molecule has 1 heterocycles. The number of piperidine rings is 1. The molecule has 1 aliphatic rings. The summed E-state index contributed by atoms with van der Waals surface area (Å²) in [7, 11) is 1.75. The molecule has 1 aromatic carbocycles. The number of benzene rings is 1. The van der Waals surface area contributed by atoms with Gasteiger partial charge in [0.05, 0.1) is 12.3 Å². The van der Waals surface area contributed by atoms with Crippen LogP contribution in [0.4, 0.5) is 5.69 Å². The van der Waals surface area contributed by atoms with Crippen molar-refractivity contribution in [3.8, 4) is 5.75 Å². The van der Waals surface area contributed by atoms with E-state index in [9.17, 15) is 9.59 Å². The second kappa shape index (κ2) is 6.47. The first-order valence-corrected chi connectivity index (χ1v) is 7.08. The highest BCUT2D eigenvalue weighted by Gasteiger charge is 2.24. The predicted molar refractivity (Wildman–Crippen MR) is 80.1 cm³/mol. The fourth-order valence-corrected chi connectivity index (χ4v) is 2.38. The van der Waals surface area contributed by atoms with E-state index in [4.69, 9.17) is 10.5 Å². The predicted octanol–water partition coefficient (Wildman–Crippen LogP) is 1.02. The minimum absolute atomic E-state index is 0.0204. The molecule has 1 unspecified atom stereocenters. The third-order valence-corrected chi connectivity index (χ3v) is 3.53. The normalized spacial score (nSPS) is 18.5. The maximum absolute atomic E-state index is 12.2. The molecule has 1 aliphatic heterocycles. The van der Waals surface area contributed by atoms with Crippen molar-refractivity contribution in [1.29, 1.82) is 0 Å². The summed E-state index contributed by atoms with van der Waals surface area (Å²) in [5, 5.41) is 2.94. The number of carbonyl (C=O) groups excluding carboxylic acids is 2. The van der Waals surface area contributed by atoms with Gasteiger partial charge in [0.15, 0.2) is 0 Å². The summed E-state index contributed by atoms with van der Waals surface area (Å²) in [5.74, 6) is 0.514. The topological polar surface area (TPSA) is 84.7 Å². The van der Waals surface area contributed by atoms with Crippen molar-refractivity contribution in [2.75, 3.05) is 25.9 Å². The Labute approximate surface area is 124 Å². The van der Waals surface area contributed by atoms with Crippen LogP contribution in [0.1, 0.15) is 30.1 Å². The van der Waals surface area contributed by atoms with Crippen LogP contribution in [0.2, 0.25) is 0 Å². The zero-order valence-corrected chi connectivity index (χ0v) is 12.4. The van der Waals surface area contributed by atoms with Gasteiger partial charge in [-0.25, -0.2) is 0 Å². The highest BCUT2D eigenvalue weighted by atomic mass is 16.5. The number of nitrogens with two attached hydrogens (primary N) is 1. The Morgan fingerprint density at radius 1 is 1.52 bits per heavy atom. The van der Waals surface area contributed by atoms with Crippen LogP contribution in [0.15, 0.2) is 18.2 Å². The number of anilines is 1. The Morgan fingerprint density at radius 2 is 2.29 bits per heavy atom. The van der Waals surface area contributed by atoms with Gasteiger partial charge in [0.2, 0.25) is 5.91 Å². The molecule has 0 saturated carbocycles. The Hall–Kier alpha value is -2.24. The third kappa shape index (κ3) is 3.65. The average molecular weight is 291 g/mol. The first-order chi connectivity index (χ1) is 10.0. The Morgan fingerprint density at radius 3 is 2.90 bits per heavy atom.